The topological polar surface area (TPSA) is 32.7 Å². The van der Waals surface area contributed by atoms with Crippen molar-refractivity contribution in [2.75, 3.05) is 6.54 Å². The summed E-state index contributed by atoms with van der Waals surface area (Å²) in [6, 6.07) is 18.9. The Bertz CT molecular complexity index is 1040. The number of amides is 1. The zero-order valence-electron chi connectivity index (χ0n) is 14.6. The molecule has 1 fully saturated rings. The van der Waals surface area contributed by atoms with Crippen molar-refractivity contribution in [3.63, 3.8) is 0 Å². The minimum atomic E-state index is 0.0546. The van der Waals surface area contributed by atoms with Crippen LogP contribution in [0.4, 0.5) is 0 Å². The molecule has 3 heteroatoms. The van der Waals surface area contributed by atoms with Gasteiger partial charge in [-0.2, -0.15) is 0 Å². The SMILES string of the molecule is O=C1C(=Cc2c3ccccc3cc3ccccc23)N=C2CCCCCN12. The lowest BCUT2D eigenvalue weighted by atomic mass is 9.96. The largest absolute Gasteiger partial charge is 0.295 e. The molecule has 0 bridgehead atoms. The average Bonchev–Trinajstić information content (AvgIpc) is 2.84. The first-order chi connectivity index (χ1) is 12.8. The molecule has 5 rings (SSSR count). The molecule has 3 nitrogen and oxygen atoms in total. The van der Waals surface area contributed by atoms with Gasteiger partial charge >= 0.3 is 0 Å². The highest BCUT2D eigenvalue weighted by Gasteiger charge is 2.30. The Balaban J connectivity index is 1.73. The van der Waals surface area contributed by atoms with E-state index in [0.717, 1.165) is 48.0 Å². The molecule has 128 valence electrons. The van der Waals surface area contributed by atoms with Crippen LogP contribution in [0.2, 0.25) is 0 Å². The molecule has 2 aliphatic rings. The highest BCUT2D eigenvalue weighted by atomic mass is 16.2. The molecule has 1 saturated heterocycles. The summed E-state index contributed by atoms with van der Waals surface area (Å²) in [6.07, 6.45) is 6.26. The Morgan fingerprint density at radius 1 is 0.885 bits per heavy atom. The maximum absolute atomic E-state index is 12.9. The van der Waals surface area contributed by atoms with Crippen LogP contribution in [0.1, 0.15) is 31.2 Å². The van der Waals surface area contributed by atoms with Gasteiger partial charge in [0.05, 0.1) is 0 Å². The predicted octanol–water partition coefficient (Wildman–Crippen LogP) is 5.15. The fraction of sp³-hybridized carbons (Fsp3) is 0.217. The van der Waals surface area contributed by atoms with Gasteiger partial charge in [0.1, 0.15) is 11.5 Å². The second-order valence-corrected chi connectivity index (χ2v) is 7.06. The van der Waals surface area contributed by atoms with E-state index in [1.807, 2.05) is 11.0 Å². The van der Waals surface area contributed by atoms with Crippen molar-refractivity contribution in [2.45, 2.75) is 25.7 Å². The predicted molar refractivity (Wildman–Crippen MR) is 107 cm³/mol. The zero-order valence-corrected chi connectivity index (χ0v) is 14.6. The van der Waals surface area contributed by atoms with Gasteiger partial charge < -0.3 is 0 Å². The van der Waals surface area contributed by atoms with Gasteiger partial charge in [-0.3, -0.25) is 9.69 Å². The number of hydrogen-bond acceptors (Lipinski definition) is 2. The fourth-order valence-corrected chi connectivity index (χ4v) is 4.09. The van der Waals surface area contributed by atoms with E-state index >= 15 is 0 Å². The smallest absolute Gasteiger partial charge is 0.277 e. The van der Waals surface area contributed by atoms with E-state index in [1.54, 1.807) is 0 Å². The quantitative estimate of drug-likeness (QED) is 0.445. The lowest BCUT2D eigenvalue weighted by Crippen LogP contribution is -2.31. The number of carbonyl (C=O) groups is 1. The van der Waals surface area contributed by atoms with Gasteiger partial charge in [0.15, 0.2) is 0 Å². The molecule has 3 aromatic carbocycles. The zero-order chi connectivity index (χ0) is 17.5. The van der Waals surface area contributed by atoms with Gasteiger partial charge in [0, 0.05) is 13.0 Å². The van der Waals surface area contributed by atoms with Crippen LogP contribution < -0.4 is 0 Å². The summed E-state index contributed by atoms with van der Waals surface area (Å²) in [7, 11) is 0. The van der Waals surface area contributed by atoms with E-state index in [1.165, 1.54) is 17.2 Å². The van der Waals surface area contributed by atoms with Crippen molar-refractivity contribution in [3.05, 3.63) is 65.9 Å². The number of amidine groups is 1. The summed E-state index contributed by atoms with van der Waals surface area (Å²) in [5.74, 6) is 1.00. The third kappa shape index (κ3) is 2.43. The van der Waals surface area contributed by atoms with E-state index < -0.39 is 0 Å². The van der Waals surface area contributed by atoms with Crippen molar-refractivity contribution < 1.29 is 4.79 Å². The van der Waals surface area contributed by atoms with Crippen molar-refractivity contribution in [3.8, 4) is 0 Å². The van der Waals surface area contributed by atoms with E-state index in [9.17, 15) is 4.79 Å². The van der Waals surface area contributed by atoms with Crippen molar-refractivity contribution >= 4 is 39.4 Å². The maximum Gasteiger partial charge on any atom is 0.277 e. The number of aliphatic imine (C=N–C) groups is 1. The molecule has 1 amide bonds. The van der Waals surface area contributed by atoms with Crippen molar-refractivity contribution in [2.24, 2.45) is 4.99 Å². The Kier molecular flexibility index (Phi) is 3.59. The van der Waals surface area contributed by atoms with Crippen molar-refractivity contribution in [1.82, 2.24) is 4.90 Å². The van der Waals surface area contributed by atoms with Crippen LogP contribution in [0.5, 0.6) is 0 Å². The molecule has 0 unspecified atom stereocenters. The summed E-state index contributed by atoms with van der Waals surface area (Å²) >= 11 is 0. The van der Waals surface area contributed by atoms with Gasteiger partial charge in [0.25, 0.3) is 5.91 Å². The summed E-state index contributed by atoms with van der Waals surface area (Å²) in [4.78, 5) is 19.5. The van der Waals surface area contributed by atoms with Gasteiger partial charge in [-0.05, 0) is 52.1 Å². The van der Waals surface area contributed by atoms with Crippen LogP contribution in [-0.4, -0.2) is 23.2 Å². The Labute approximate surface area is 152 Å². The fourth-order valence-electron chi connectivity index (χ4n) is 4.09. The molecule has 0 N–H and O–H groups in total. The van der Waals surface area contributed by atoms with Crippen LogP contribution in [0.3, 0.4) is 0 Å². The third-order valence-corrected chi connectivity index (χ3v) is 5.40. The molecule has 0 aliphatic carbocycles. The van der Waals surface area contributed by atoms with E-state index in [4.69, 9.17) is 4.99 Å². The molecular weight excluding hydrogens is 320 g/mol. The Morgan fingerprint density at radius 2 is 1.58 bits per heavy atom. The third-order valence-electron chi connectivity index (χ3n) is 5.40. The molecule has 3 aromatic rings. The molecule has 0 atom stereocenters. The average molecular weight is 340 g/mol. The summed E-state index contributed by atoms with van der Waals surface area (Å²) in [5.41, 5.74) is 1.66. The first-order valence-corrected chi connectivity index (χ1v) is 9.33. The summed E-state index contributed by atoms with van der Waals surface area (Å²) < 4.78 is 0. The normalized spacial score (nSPS) is 19.1. The maximum atomic E-state index is 12.9. The standard InChI is InChI=1S/C23H20N2O/c26-23-21(24-22-12-2-1-7-13-25(22)23)15-20-18-10-5-3-8-16(18)14-17-9-4-6-11-19(17)20/h3-6,8-11,14-15H,1-2,7,12-13H2. The number of nitrogens with zero attached hydrogens (tertiary/aromatic N) is 2. The summed E-state index contributed by atoms with van der Waals surface area (Å²) in [6.45, 7) is 0.797. The van der Waals surface area contributed by atoms with Gasteiger partial charge in [-0.1, -0.05) is 55.0 Å². The number of carbonyl (C=O) groups excluding carboxylic acids is 1. The van der Waals surface area contributed by atoms with Gasteiger partial charge in [-0.15, -0.1) is 0 Å². The Hall–Kier alpha value is -2.94. The second kappa shape index (κ2) is 6.10. The monoisotopic (exact) mass is 340 g/mol. The lowest BCUT2D eigenvalue weighted by molar-refractivity contribution is -0.122. The second-order valence-electron chi connectivity index (χ2n) is 7.06. The number of hydrogen-bond donors (Lipinski definition) is 0. The molecule has 0 aromatic heterocycles. The van der Waals surface area contributed by atoms with E-state index in [-0.39, 0.29) is 5.91 Å². The number of fused-ring (bicyclic) bond motifs is 3. The van der Waals surface area contributed by atoms with Crippen LogP contribution in [-0.2, 0) is 4.79 Å². The van der Waals surface area contributed by atoms with E-state index in [0.29, 0.717) is 5.70 Å². The highest BCUT2D eigenvalue weighted by molar-refractivity contribution is 6.16. The molecule has 2 aliphatic heterocycles. The Morgan fingerprint density at radius 3 is 2.31 bits per heavy atom. The van der Waals surface area contributed by atoms with Gasteiger partial charge in [-0.25, -0.2) is 4.99 Å². The highest BCUT2D eigenvalue weighted by Crippen LogP contribution is 2.32. The van der Waals surface area contributed by atoms with Crippen LogP contribution in [0.25, 0.3) is 27.6 Å². The first kappa shape index (κ1) is 15.3. The van der Waals surface area contributed by atoms with E-state index in [2.05, 4.69) is 54.6 Å². The minimum absolute atomic E-state index is 0.0546. The van der Waals surface area contributed by atoms with Crippen molar-refractivity contribution in [1.29, 1.82) is 0 Å². The number of benzene rings is 3. The van der Waals surface area contributed by atoms with Gasteiger partial charge in [0.2, 0.25) is 0 Å². The van der Waals surface area contributed by atoms with Crippen LogP contribution >= 0.6 is 0 Å². The number of rotatable bonds is 1. The van der Waals surface area contributed by atoms with Crippen LogP contribution in [0.15, 0.2) is 65.3 Å². The molecular formula is C23H20N2O. The summed E-state index contributed by atoms with van der Waals surface area (Å²) in [5, 5.41) is 4.69. The van der Waals surface area contributed by atoms with Crippen LogP contribution in [0, 0.1) is 0 Å². The molecule has 2 heterocycles. The molecule has 0 saturated carbocycles. The molecule has 26 heavy (non-hydrogen) atoms. The minimum Gasteiger partial charge on any atom is -0.295 e. The first-order valence-electron chi connectivity index (χ1n) is 9.33. The molecule has 0 spiro atoms. The lowest BCUT2D eigenvalue weighted by Gasteiger charge is -2.14. The molecule has 0 radical (unpaired) electrons.